The fourth-order valence-electron chi connectivity index (χ4n) is 3.80. The van der Waals surface area contributed by atoms with Crippen LogP contribution in [0.2, 0.25) is 4.34 Å². The monoisotopic (exact) mass is 530 g/mol. The first kappa shape index (κ1) is 25.7. The van der Waals surface area contributed by atoms with Crippen LogP contribution in [0.4, 0.5) is 13.2 Å². The Kier molecular flexibility index (Phi) is 7.91. The second kappa shape index (κ2) is 11.1. The predicted molar refractivity (Wildman–Crippen MR) is 135 cm³/mol. The van der Waals surface area contributed by atoms with E-state index in [-0.39, 0.29) is 18.0 Å². The van der Waals surface area contributed by atoms with Crippen LogP contribution in [-0.2, 0) is 30.5 Å². The second-order valence-corrected chi connectivity index (χ2v) is 9.75. The number of nitrogens with zero attached hydrogens (tertiary/aromatic N) is 4. The highest BCUT2D eigenvalue weighted by Gasteiger charge is 2.37. The molecule has 0 radical (unpaired) electrons. The zero-order valence-electron chi connectivity index (χ0n) is 19.1. The maximum Gasteiger partial charge on any atom is 0.435 e. The van der Waals surface area contributed by atoms with Gasteiger partial charge in [0.2, 0.25) is 5.91 Å². The first-order chi connectivity index (χ1) is 17.2. The van der Waals surface area contributed by atoms with Crippen molar-refractivity contribution in [3.63, 3.8) is 0 Å². The summed E-state index contributed by atoms with van der Waals surface area (Å²) in [6.45, 7) is 5.12. The van der Waals surface area contributed by atoms with E-state index in [2.05, 4.69) is 16.7 Å². The van der Waals surface area contributed by atoms with Crippen LogP contribution in [-0.4, -0.2) is 32.1 Å². The van der Waals surface area contributed by atoms with Gasteiger partial charge in [0.25, 0.3) is 0 Å². The average molecular weight is 531 g/mol. The van der Waals surface area contributed by atoms with E-state index in [4.69, 9.17) is 11.6 Å². The molecule has 1 aliphatic rings. The Morgan fingerprint density at radius 3 is 2.58 bits per heavy atom. The Hall–Kier alpha value is -3.43. The lowest BCUT2D eigenvalue weighted by molar-refractivity contribution is -0.141. The van der Waals surface area contributed by atoms with Gasteiger partial charge in [-0.3, -0.25) is 14.5 Å². The van der Waals surface area contributed by atoms with Crippen molar-refractivity contribution >= 4 is 28.8 Å². The van der Waals surface area contributed by atoms with Gasteiger partial charge in [0.1, 0.15) is 0 Å². The minimum Gasteiger partial charge on any atom is -0.334 e. The normalized spacial score (nSPS) is 12.9. The molecule has 1 amide bonds. The van der Waals surface area contributed by atoms with Gasteiger partial charge in [0, 0.05) is 29.4 Å². The van der Waals surface area contributed by atoms with Crippen LogP contribution in [0, 0.1) is 0 Å². The van der Waals surface area contributed by atoms with E-state index >= 15 is 0 Å². The van der Waals surface area contributed by atoms with E-state index in [1.165, 1.54) is 27.4 Å². The van der Waals surface area contributed by atoms with E-state index in [0.29, 0.717) is 17.8 Å². The Morgan fingerprint density at radius 2 is 1.92 bits per heavy atom. The summed E-state index contributed by atoms with van der Waals surface area (Å²) in [4.78, 5) is 18.5. The summed E-state index contributed by atoms with van der Waals surface area (Å²) in [5.41, 5.74) is 1.62. The van der Waals surface area contributed by atoms with Crippen molar-refractivity contribution in [2.75, 3.05) is 6.54 Å². The molecule has 0 aliphatic carbocycles. The molecule has 0 atom stereocenters. The number of carbonyl (C=O) groups is 1. The number of amides is 1. The second-order valence-electron chi connectivity index (χ2n) is 7.99. The minimum atomic E-state index is -4.50. The van der Waals surface area contributed by atoms with Gasteiger partial charge in [-0.15, -0.1) is 11.3 Å². The highest BCUT2D eigenvalue weighted by Crippen LogP contribution is 2.36. The molecule has 0 unspecified atom stereocenters. The number of aromatic nitrogens is 3. The van der Waals surface area contributed by atoms with Crippen molar-refractivity contribution < 1.29 is 18.0 Å². The third-order valence-corrected chi connectivity index (χ3v) is 6.79. The summed E-state index contributed by atoms with van der Waals surface area (Å²) in [6.07, 6.45) is 0.771. The zero-order valence-corrected chi connectivity index (χ0v) is 20.7. The number of alkyl halides is 3. The van der Waals surface area contributed by atoms with Crippen LogP contribution in [0.1, 0.15) is 21.8 Å². The molecule has 0 fully saturated rings. The van der Waals surface area contributed by atoms with E-state index < -0.39 is 11.9 Å². The van der Waals surface area contributed by atoms with Crippen molar-refractivity contribution in [1.29, 1.82) is 0 Å². The molecule has 10 heteroatoms. The van der Waals surface area contributed by atoms with Gasteiger partial charge < -0.3 is 4.90 Å². The standard InChI is InChI=1S/C16H12F3N3.C10H10ClNOS/c17-16(18,19)15-14(12-6-2-1-3-7-12)11-22(21-15)10-13-8-4-5-9-20-13;1-2-10(13)12-4-3-7-5-9(11)14-8(7)6-12/h1-9,11H,10H2;2,5H,1,3-4,6H2. The molecule has 5 nitrogen and oxygen atoms in total. The number of hydrogen-bond acceptors (Lipinski definition) is 4. The van der Waals surface area contributed by atoms with Gasteiger partial charge in [0.05, 0.1) is 23.1 Å². The minimum absolute atomic E-state index is 0.000160. The maximum atomic E-state index is 13.2. The maximum absolute atomic E-state index is 13.2. The third-order valence-electron chi connectivity index (χ3n) is 5.50. The van der Waals surface area contributed by atoms with E-state index in [0.717, 1.165) is 17.3 Å². The van der Waals surface area contributed by atoms with Crippen molar-refractivity contribution in [3.05, 3.63) is 106 Å². The number of pyridine rings is 1. The van der Waals surface area contributed by atoms with E-state index in [1.807, 2.05) is 6.07 Å². The van der Waals surface area contributed by atoms with Crippen LogP contribution < -0.4 is 0 Å². The van der Waals surface area contributed by atoms with Gasteiger partial charge in [-0.1, -0.05) is 54.6 Å². The van der Waals surface area contributed by atoms with Crippen molar-refractivity contribution in [2.24, 2.45) is 0 Å². The number of halogens is 4. The van der Waals surface area contributed by atoms with Gasteiger partial charge in [0.15, 0.2) is 5.69 Å². The summed E-state index contributed by atoms with van der Waals surface area (Å²) in [6, 6.07) is 15.7. The zero-order chi connectivity index (χ0) is 25.7. The van der Waals surface area contributed by atoms with Crippen LogP contribution in [0.3, 0.4) is 0 Å². The highest BCUT2D eigenvalue weighted by atomic mass is 35.5. The number of carbonyl (C=O) groups excluding carboxylic acids is 1. The van der Waals surface area contributed by atoms with Gasteiger partial charge >= 0.3 is 6.18 Å². The average Bonchev–Trinajstić information content (AvgIpc) is 3.47. The number of thiophene rings is 1. The van der Waals surface area contributed by atoms with Crippen LogP contribution in [0.5, 0.6) is 0 Å². The third kappa shape index (κ3) is 6.22. The number of fused-ring (bicyclic) bond motifs is 1. The predicted octanol–water partition coefficient (Wildman–Crippen LogP) is 6.48. The molecule has 0 spiro atoms. The Labute approximate surface area is 215 Å². The van der Waals surface area contributed by atoms with Crippen LogP contribution >= 0.6 is 22.9 Å². The number of rotatable bonds is 4. The molecule has 4 aromatic rings. The van der Waals surface area contributed by atoms with Gasteiger partial charge in [-0.05, 0) is 41.8 Å². The van der Waals surface area contributed by atoms with Gasteiger partial charge in [-0.25, -0.2) is 0 Å². The molecular weight excluding hydrogens is 509 g/mol. The van der Waals surface area contributed by atoms with Crippen molar-refractivity contribution in [3.8, 4) is 11.1 Å². The highest BCUT2D eigenvalue weighted by molar-refractivity contribution is 7.16. The summed E-state index contributed by atoms with van der Waals surface area (Å²) in [5, 5.41) is 3.70. The summed E-state index contributed by atoms with van der Waals surface area (Å²) >= 11 is 7.47. The summed E-state index contributed by atoms with van der Waals surface area (Å²) in [7, 11) is 0. The summed E-state index contributed by atoms with van der Waals surface area (Å²) in [5.74, 6) is 0.000160. The molecule has 186 valence electrons. The molecule has 0 bridgehead atoms. The lowest BCUT2D eigenvalue weighted by Crippen LogP contribution is -2.33. The van der Waals surface area contributed by atoms with Crippen molar-refractivity contribution in [2.45, 2.75) is 25.7 Å². The molecule has 36 heavy (non-hydrogen) atoms. The first-order valence-electron chi connectivity index (χ1n) is 11.0. The Balaban J connectivity index is 0.000000187. The quantitative estimate of drug-likeness (QED) is 0.284. The molecule has 1 aliphatic heterocycles. The van der Waals surface area contributed by atoms with E-state index in [9.17, 15) is 18.0 Å². The molecule has 1 aromatic carbocycles. The molecule has 0 saturated heterocycles. The van der Waals surface area contributed by atoms with Crippen LogP contribution in [0.25, 0.3) is 11.1 Å². The van der Waals surface area contributed by atoms with Crippen molar-refractivity contribution in [1.82, 2.24) is 19.7 Å². The fraction of sp³-hybridized carbons (Fsp3) is 0.192. The molecule has 3 aromatic heterocycles. The molecule has 4 heterocycles. The Morgan fingerprint density at radius 1 is 1.17 bits per heavy atom. The first-order valence-corrected chi connectivity index (χ1v) is 12.2. The number of benzene rings is 1. The fourth-order valence-corrected chi connectivity index (χ4v) is 5.16. The van der Waals surface area contributed by atoms with Gasteiger partial charge in [-0.2, -0.15) is 18.3 Å². The molecule has 5 rings (SSSR count). The Bertz CT molecular complexity index is 1340. The van der Waals surface area contributed by atoms with E-state index in [1.54, 1.807) is 71.0 Å². The lowest BCUT2D eigenvalue weighted by atomic mass is 10.1. The summed E-state index contributed by atoms with van der Waals surface area (Å²) < 4.78 is 41.7. The topological polar surface area (TPSA) is 51.0 Å². The largest absolute Gasteiger partial charge is 0.435 e. The molecular formula is C26H22ClF3N4OS. The molecule has 0 N–H and O–H groups in total. The molecule has 0 saturated carbocycles. The van der Waals surface area contributed by atoms with Crippen LogP contribution in [0.15, 0.2) is 79.6 Å². The SMILES string of the molecule is C=CC(=O)N1CCc2cc(Cl)sc2C1.FC(F)(F)c1nn(Cc2ccccn2)cc1-c1ccccc1. The lowest BCUT2D eigenvalue weighted by Gasteiger charge is -2.25. The number of hydrogen-bond donors (Lipinski definition) is 0. The smallest absolute Gasteiger partial charge is 0.334 e.